The van der Waals surface area contributed by atoms with Gasteiger partial charge in [-0.3, -0.25) is 4.79 Å². The minimum absolute atomic E-state index is 0.0588. The summed E-state index contributed by atoms with van der Waals surface area (Å²) >= 11 is 1.19. The number of ether oxygens (including phenoxy) is 1. The van der Waals surface area contributed by atoms with Gasteiger partial charge >= 0.3 is 6.09 Å². The van der Waals surface area contributed by atoms with Crippen LogP contribution in [-0.4, -0.2) is 28.4 Å². The zero-order valence-electron chi connectivity index (χ0n) is 10.9. The van der Waals surface area contributed by atoms with Gasteiger partial charge in [-0.2, -0.15) is 0 Å². The van der Waals surface area contributed by atoms with Crippen molar-refractivity contribution >= 4 is 23.4 Å². The fraction of sp³-hybridized carbons (Fsp3) is 0.583. The third kappa shape index (κ3) is 5.77. The van der Waals surface area contributed by atoms with E-state index in [4.69, 9.17) is 4.74 Å². The first-order valence-electron chi connectivity index (χ1n) is 5.79. The van der Waals surface area contributed by atoms with Gasteiger partial charge in [0.25, 0.3) is 0 Å². The molecule has 1 aromatic heterocycles. The normalized spacial score (nSPS) is 11.1. The van der Waals surface area contributed by atoms with Crippen molar-refractivity contribution in [1.29, 1.82) is 0 Å². The first-order chi connectivity index (χ1) is 8.38. The van der Waals surface area contributed by atoms with Gasteiger partial charge in [0.05, 0.1) is 4.88 Å². The Bertz CT molecular complexity index is 396. The zero-order valence-corrected chi connectivity index (χ0v) is 11.7. The summed E-state index contributed by atoms with van der Waals surface area (Å²) in [5.41, 5.74) is -0.497. The zero-order chi connectivity index (χ0) is 13.6. The van der Waals surface area contributed by atoms with Crippen LogP contribution in [0.3, 0.4) is 0 Å². The van der Waals surface area contributed by atoms with E-state index < -0.39 is 11.7 Å². The van der Waals surface area contributed by atoms with Crippen molar-refractivity contribution in [1.82, 2.24) is 9.69 Å². The first kappa shape index (κ1) is 14.6. The fourth-order valence-corrected chi connectivity index (χ4v) is 1.80. The molecule has 0 radical (unpaired) electrons. The summed E-state index contributed by atoms with van der Waals surface area (Å²) in [7, 11) is 0. The Morgan fingerprint density at radius 1 is 1.44 bits per heavy atom. The molecule has 1 aromatic rings. The van der Waals surface area contributed by atoms with E-state index in [0.717, 1.165) is 0 Å². The van der Waals surface area contributed by atoms with Crippen molar-refractivity contribution < 1.29 is 14.3 Å². The molecule has 0 saturated carbocycles. The summed E-state index contributed by atoms with van der Waals surface area (Å²) in [6.45, 7) is 5.85. The summed E-state index contributed by atoms with van der Waals surface area (Å²) in [6, 6.07) is 1.70. The molecule has 0 aliphatic heterocycles. The topological polar surface area (TPSA) is 68.3 Å². The van der Waals surface area contributed by atoms with Gasteiger partial charge in [0.2, 0.25) is 0 Å². The van der Waals surface area contributed by atoms with Gasteiger partial charge in [-0.15, -0.1) is 0 Å². The maximum absolute atomic E-state index is 11.6. The number of hydrogen-bond donors (Lipinski definition) is 1. The van der Waals surface area contributed by atoms with Crippen LogP contribution in [0.25, 0.3) is 0 Å². The summed E-state index contributed by atoms with van der Waals surface area (Å²) in [6.07, 6.45) is 2.15. The van der Waals surface area contributed by atoms with Gasteiger partial charge in [-0.25, -0.2) is 9.17 Å². The number of carbonyl (C=O) groups excluding carboxylic acids is 2. The molecule has 6 heteroatoms. The lowest BCUT2D eigenvalue weighted by Crippen LogP contribution is -2.33. The van der Waals surface area contributed by atoms with Crippen molar-refractivity contribution in [2.24, 2.45) is 0 Å². The van der Waals surface area contributed by atoms with Crippen molar-refractivity contribution in [3.05, 3.63) is 17.1 Å². The summed E-state index contributed by atoms with van der Waals surface area (Å²) in [4.78, 5) is 23.6. The SMILES string of the molecule is CC(C)(C)OC(=O)NCCCC(=O)c1ccns1. The second kappa shape index (κ2) is 6.49. The number of alkyl carbamates (subject to hydrolysis) is 1. The molecule has 1 rings (SSSR count). The second-order valence-electron chi connectivity index (χ2n) is 4.83. The number of Topliss-reactive ketones (excluding diaryl/α,β-unsaturated/α-hetero) is 1. The molecule has 0 spiro atoms. The minimum atomic E-state index is -0.497. The van der Waals surface area contributed by atoms with Crippen LogP contribution >= 0.6 is 11.5 Å². The standard InChI is InChI=1S/C12H18N2O3S/c1-12(2,3)17-11(16)13-7-4-5-9(15)10-6-8-14-18-10/h6,8H,4-5,7H2,1-3H3,(H,13,16). The highest BCUT2D eigenvalue weighted by molar-refractivity contribution is 7.08. The Kier molecular flexibility index (Phi) is 5.27. The number of nitrogens with one attached hydrogen (secondary N) is 1. The highest BCUT2D eigenvalue weighted by Gasteiger charge is 2.15. The fourth-order valence-electron chi connectivity index (χ4n) is 1.24. The lowest BCUT2D eigenvalue weighted by molar-refractivity contribution is 0.0525. The van der Waals surface area contributed by atoms with E-state index in [1.165, 1.54) is 11.5 Å². The van der Waals surface area contributed by atoms with E-state index in [9.17, 15) is 9.59 Å². The van der Waals surface area contributed by atoms with Gasteiger partial charge in [-0.1, -0.05) is 0 Å². The van der Waals surface area contributed by atoms with E-state index in [2.05, 4.69) is 9.69 Å². The Balaban J connectivity index is 2.16. The molecule has 0 aliphatic carbocycles. The summed E-state index contributed by atoms with van der Waals surface area (Å²) in [5.74, 6) is 0.0588. The Morgan fingerprint density at radius 2 is 2.17 bits per heavy atom. The molecule has 18 heavy (non-hydrogen) atoms. The van der Waals surface area contributed by atoms with E-state index >= 15 is 0 Å². The molecule has 0 fully saturated rings. The quantitative estimate of drug-likeness (QED) is 0.659. The van der Waals surface area contributed by atoms with Gasteiger partial charge in [0.1, 0.15) is 5.60 Å². The predicted molar refractivity (Wildman–Crippen MR) is 69.9 cm³/mol. The largest absolute Gasteiger partial charge is 0.444 e. The Morgan fingerprint density at radius 3 is 2.72 bits per heavy atom. The number of rotatable bonds is 5. The number of carbonyl (C=O) groups is 2. The molecule has 0 saturated heterocycles. The third-order valence-electron chi connectivity index (χ3n) is 1.96. The number of aromatic nitrogens is 1. The van der Waals surface area contributed by atoms with Crippen LogP contribution in [0.5, 0.6) is 0 Å². The number of amides is 1. The van der Waals surface area contributed by atoms with Crippen LogP contribution in [0.2, 0.25) is 0 Å². The Hall–Kier alpha value is -1.43. The second-order valence-corrected chi connectivity index (χ2v) is 5.67. The number of nitrogens with zero attached hydrogens (tertiary/aromatic N) is 1. The van der Waals surface area contributed by atoms with Gasteiger partial charge in [-0.05, 0) is 44.8 Å². The lowest BCUT2D eigenvalue weighted by atomic mass is 10.2. The molecule has 0 bridgehead atoms. The molecule has 0 aromatic carbocycles. The van der Waals surface area contributed by atoms with Crippen LogP contribution in [0.15, 0.2) is 12.3 Å². The van der Waals surface area contributed by atoms with Gasteiger partial charge in [0.15, 0.2) is 5.78 Å². The molecular formula is C12H18N2O3S. The molecule has 100 valence electrons. The molecule has 0 atom stereocenters. The van der Waals surface area contributed by atoms with Crippen LogP contribution in [0.4, 0.5) is 4.79 Å². The van der Waals surface area contributed by atoms with E-state index in [1.54, 1.807) is 33.0 Å². The monoisotopic (exact) mass is 270 g/mol. The van der Waals surface area contributed by atoms with E-state index in [1.807, 2.05) is 0 Å². The summed E-state index contributed by atoms with van der Waals surface area (Å²) < 4.78 is 8.95. The molecule has 0 unspecified atom stereocenters. The van der Waals surface area contributed by atoms with Crippen LogP contribution < -0.4 is 5.32 Å². The molecular weight excluding hydrogens is 252 g/mol. The predicted octanol–water partition coefficient (Wildman–Crippen LogP) is 2.63. The first-order valence-corrected chi connectivity index (χ1v) is 6.56. The maximum atomic E-state index is 11.6. The molecule has 1 heterocycles. The number of ketones is 1. The van der Waals surface area contributed by atoms with Crippen LogP contribution in [0.1, 0.15) is 43.3 Å². The van der Waals surface area contributed by atoms with E-state index in [0.29, 0.717) is 24.3 Å². The van der Waals surface area contributed by atoms with Crippen molar-refractivity contribution in [2.45, 2.75) is 39.2 Å². The number of hydrogen-bond acceptors (Lipinski definition) is 5. The van der Waals surface area contributed by atoms with Gasteiger partial charge in [0, 0.05) is 19.2 Å². The van der Waals surface area contributed by atoms with Crippen molar-refractivity contribution in [3.63, 3.8) is 0 Å². The molecule has 1 N–H and O–H groups in total. The minimum Gasteiger partial charge on any atom is -0.444 e. The average Bonchev–Trinajstić information content (AvgIpc) is 2.74. The third-order valence-corrected chi connectivity index (χ3v) is 2.75. The van der Waals surface area contributed by atoms with Crippen LogP contribution in [-0.2, 0) is 4.74 Å². The van der Waals surface area contributed by atoms with Crippen molar-refractivity contribution in [3.8, 4) is 0 Å². The molecule has 5 nitrogen and oxygen atoms in total. The van der Waals surface area contributed by atoms with Gasteiger partial charge < -0.3 is 10.1 Å². The maximum Gasteiger partial charge on any atom is 0.407 e. The lowest BCUT2D eigenvalue weighted by Gasteiger charge is -2.19. The summed E-state index contributed by atoms with van der Waals surface area (Å²) in [5, 5.41) is 2.61. The molecule has 0 aliphatic rings. The highest BCUT2D eigenvalue weighted by Crippen LogP contribution is 2.09. The Labute approximate surface area is 111 Å². The van der Waals surface area contributed by atoms with Crippen molar-refractivity contribution in [2.75, 3.05) is 6.54 Å². The average molecular weight is 270 g/mol. The smallest absolute Gasteiger partial charge is 0.407 e. The van der Waals surface area contributed by atoms with E-state index in [-0.39, 0.29) is 5.78 Å². The molecule has 1 amide bonds. The van der Waals surface area contributed by atoms with Crippen LogP contribution in [0, 0.1) is 0 Å². The highest BCUT2D eigenvalue weighted by atomic mass is 32.1.